The lowest BCUT2D eigenvalue weighted by atomic mass is 9.95. The lowest BCUT2D eigenvalue weighted by molar-refractivity contribution is -0.118. The molecule has 3 N–H and O–H groups in total. The van der Waals surface area contributed by atoms with Crippen molar-refractivity contribution >= 4 is 24.1 Å². The van der Waals surface area contributed by atoms with Gasteiger partial charge < -0.3 is 15.8 Å². The van der Waals surface area contributed by atoms with Gasteiger partial charge in [0.1, 0.15) is 17.1 Å². The number of primary amides is 1. The normalized spacial score (nSPS) is 12.6. The number of methoxy groups -OCH3 is 1. The van der Waals surface area contributed by atoms with E-state index in [-0.39, 0.29) is 42.2 Å². The number of benzene rings is 2. The average molecular weight is 409 g/mol. The van der Waals surface area contributed by atoms with Crippen molar-refractivity contribution in [3.05, 3.63) is 65.0 Å². The second-order valence-electron chi connectivity index (χ2n) is 6.44. The standard InChI is InChI=1S/C21H25FN2O3.ClH/c1-4-16(24-13(2)12-18(23)25)15-10-11-17(27-3)19(20(15)22)21(26)14-8-6-5-7-9-14;/h5-11,13,16,24H,4,12H2,1-3H3,(H2,23,25);1H/t13-,16-;/m1./s1. The van der Waals surface area contributed by atoms with Crippen LogP contribution in [0.4, 0.5) is 4.39 Å². The highest BCUT2D eigenvalue weighted by Gasteiger charge is 2.26. The van der Waals surface area contributed by atoms with Gasteiger partial charge in [-0.25, -0.2) is 4.39 Å². The molecule has 5 nitrogen and oxygen atoms in total. The number of carbonyl (C=O) groups is 2. The van der Waals surface area contributed by atoms with Crippen molar-refractivity contribution in [2.24, 2.45) is 5.73 Å². The van der Waals surface area contributed by atoms with Crippen LogP contribution in [0.2, 0.25) is 0 Å². The number of halogens is 2. The Balaban J connectivity index is 0.00000392. The Bertz CT molecular complexity index is 815. The van der Waals surface area contributed by atoms with Gasteiger partial charge in [-0.05, 0) is 19.4 Å². The van der Waals surface area contributed by atoms with Gasteiger partial charge in [-0.1, -0.05) is 43.3 Å². The third kappa shape index (κ3) is 5.53. The monoisotopic (exact) mass is 408 g/mol. The number of hydrogen-bond acceptors (Lipinski definition) is 4. The molecule has 0 aliphatic carbocycles. The molecule has 0 fully saturated rings. The molecule has 0 aromatic heterocycles. The van der Waals surface area contributed by atoms with Crippen LogP contribution in [0.25, 0.3) is 0 Å². The molecule has 2 aromatic carbocycles. The zero-order valence-electron chi connectivity index (χ0n) is 16.2. The number of amides is 1. The maximum Gasteiger partial charge on any atom is 0.218 e. The lowest BCUT2D eigenvalue weighted by Gasteiger charge is -2.23. The first-order chi connectivity index (χ1) is 12.9. The lowest BCUT2D eigenvalue weighted by Crippen LogP contribution is -2.34. The van der Waals surface area contributed by atoms with E-state index in [9.17, 15) is 9.59 Å². The number of ether oxygens (including phenoxy) is 1. The summed E-state index contributed by atoms with van der Waals surface area (Å²) in [4.78, 5) is 24.0. The van der Waals surface area contributed by atoms with Crippen molar-refractivity contribution in [1.82, 2.24) is 5.32 Å². The number of rotatable bonds is 9. The summed E-state index contributed by atoms with van der Waals surface area (Å²) in [5, 5.41) is 3.21. The Kier molecular flexibility index (Phi) is 9.09. The minimum Gasteiger partial charge on any atom is -0.496 e. The molecule has 152 valence electrons. The molecule has 0 spiro atoms. The van der Waals surface area contributed by atoms with E-state index in [1.54, 1.807) is 42.5 Å². The van der Waals surface area contributed by atoms with Crippen molar-refractivity contribution in [1.29, 1.82) is 0 Å². The Morgan fingerprint density at radius 3 is 2.36 bits per heavy atom. The van der Waals surface area contributed by atoms with E-state index in [1.165, 1.54) is 7.11 Å². The topological polar surface area (TPSA) is 81.4 Å². The predicted octanol–water partition coefficient (Wildman–Crippen LogP) is 3.79. The van der Waals surface area contributed by atoms with E-state index in [0.717, 1.165) is 0 Å². The Morgan fingerprint density at radius 1 is 1.18 bits per heavy atom. The third-order valence-electron chi connectivity index (χ3n) is 4.39. The van der Waals surface area contributed by atoms with Gasteiger partial charge in [0, 0.05) is 29.6 Å². The van der Waals surface area contributed by atoms with Gasteiger partial charge in [-0.2, -0.15) is 0 Å². The SMILES string of the molecule is CC[C@@H](N[C@H](C)CC(N)=O)c1ccc(OC)c(C(=O)c2ccccc2)c1F.Cl. The summed E-state index contributed by atoms with van der Waals surface area (Å²) in [5.74, 6) is -1.30. The van der Waals surface area contributed by atoms with E-state index in [4.69, 9.17) is 10.5 Å². The van der Waals surface area contributed by atoms with Gasteiger partial charge in [0.05, 0.1) is 7.11 Å². The molecule has 0 bridgehead atoms. The van der Waals surface area contributed by atoms with Crippen molar-refractivity contribution in [2.45, 2.75) is 38.8 Å². The van der Waals surface area contributed by atoms with Crippen molar-refractivity contribution in [2.75, 3.05) is 7.11 Å². The number of hydrogen-bond donors (Lipinski definition) is 2. The van der Waals surface area contributed by atoms with Gasteiger partial charge >= 0.3 is 0 Å². The minimum atomic E-state index is -0.617. The molecule has 2 aromatic rings. The molecule has 0 unspecified atom stereocenters. The summed E-state index contributed by atoms with van der Waals surface area (Å²) in [6.07, 6.45) is 0.718. The molecule has 1 amide bonds. The van der Waals surface area contributed by atoms with E-state index in [0.29, 0.717) is 17.5 Å². The predicted molar refractivity (Wildman–Crippen MR) is 110 cm³/mol. The fraction of sp³-hybridized carbons (Fsp3) is 0.333. The van der Waals surface area contributed by atoms with Crippen LogP contribution in [-0.2, 0) is 4.79 Å². The molecule has 0 aliphatic heterocycles. The highest BCUT2D eigenvalue weighted by molar-refractivity contribution is 6.11. The van der Waals surface area contributed by atoms with Crippen molar-refractivity contribution < 1.29 is 18.7 Å². The Hall–Kier alpha value is -2.44. The van der Waals surface area contributed by atoms with Crippen LogP contribution in [0.1, 0.15) is 54.2 Å². The summed E-state index contributed by atoms with van der Waals surface area (Å²) in [5.41, 5.74) is 5.88. The third-order valence-corrected chi connectivity index (χ3v) is 4.39. The Labute approximate surface area is 170 Å². The Morgan fingerprint density at radius 2 is 1.82 bits per heavy atom. The molecule has 7 heteroatoms. The molecule has 0 saturated heterocycles. The molecular formula is C21H26ClFN2O3. The highest BCUT2D eigenvalue weighted by atomic mass is 35.5. The molecule has 0 aliphatic rings. The zero-order chi connectivity index (χ0) is 20.0. The van der Waals surface area contributed by atoms with Crippen LogP contribution < -0.4 is 15.8 Å². The van der Waals surface area contributed by atoms with Gasteiger partial charge in [0.25, 0.3) is 0 Å². The molecular weight excluding hydrogens is 383 g/mol. The summed E-state index contributed by atoms with van der Waals surface area (Å²) in [6.45, 7) is 3.71. The first-order valence-corrected chi connectivity index (χ1v) is 8.89. The van der Waals surface area contributed by atoms with Gasteiger partial charge in [-0.3, -0.25) is 9.59 Å². The zero-order valence-corrected chi connectivity index (χ0v) is 17.0. The molecule has 0 radical (unpaired) electrons. The molecule has 2 rings (SSSR count). The minimum absolute atomic E-state index is 0. The largest absolute Gasteiger partial charge is 0.496 e. The van der Waals surface area contributed by atoms with Gasteiger partial charge in [0.2, 0.25) is 5.91 Å². The van der Waals surface area contributed by atoms with Crippen molar-refractivity contribution in [3.63, 3.8) is 0 Å². The molecule has 0 heterocycles. The summed E-state index contributed by atoms with van der Waals surface area (Å²) >= 11 is 0. The smallest absolute Gasteiger partial charge is 0.218 e. The van der Waals surface area contributed by atoms with Crippen LogP contribution in [0.5, 0.6) is 5.75 Å². The highest BCUT2D eigenvalue weighted by Crippen LogP contribution is 2.31. The number of nitrogens with two attached hydrogens (primary N) is 1. The van der Waals surface area contributed by atoms with Gasteiger partial charge in [-0.15, -0.1) is 12.4 Å². The number of nitrogens with one attached hydrogen (secondary N) is 1. The van der Waals surface area contributed by atoms with E-state index < -0.39 is 17.5 Å². The summed E-state index contributed by atoms with van der Waals surface area (Å²) in [7, 11) is 1.40. The van der Waals surface area contributed by atoms with Crippen LogP contribution in [0.3, 0.4) is 0 Å². The maximum atomic E-state index is 15.4. The molecule has 28 heavy (non-hydrogen) atoms. The van der Waals surface area contributed by atoms with Crippen LogP contribution in [-0.4, -0.2) is 24.8 Å². The van der Waals surface area contributed by atoms with Crippen LogP contribution in [0, 0.1) is 5.82 Å². The fourth-order valence-corrected chi connectivity index (χ4v) is 3.09. The van der Waals surface area contributed by atoms with Crippen LogP contribution in [0.15, 0.2) is 42.5 Å². The van der Waals surface area contributed by atoms with Gasteiger partial charge in [0.15, 0.2) is 5.78 Å². The van der Waals surface area contributed by atoms with E-state index >= 15 is 4.39 Å². The summed E-state index contributed by atoms with van der Waals surface area (Å²) in [6, 6.07) is 11.1. The average Bonchev–Trinajstić information content (AvgIpc) is 2.65. The summed E-state index contributed by atoms with van der Waals surface area (Å²) < 4.78 is 20.6. The second-order valence-corrected chi connectivity index (χ2v) is 6.44. The first-order valence-electron chi connectivity index (χ1n) is 8.89. The number of carbonyl (C=O) groups excluding carboxylic acids is 2. The maximum absolute atomic E-state index is 15.4. The van der Waals surface area contributed by atoms with E-state index in [2.05, 4.69) is 5.32 Å². The quantitative estimate of drug-likeness (QED) is 0.618. The van der Waals surface area contributed by atoms with Crippen LogP contribution >= 0.6 is 12.4 Å². The van der Waals surface area contributed by atoms with E-state index in [1.807, 2.05) is 13.8 Å². The number of ketones is 1. The first kappa shape index (κ1) is 23.6. The fourth-order valence-electron chi connectivity index (χ4n) is 3.09. The van der Waals surface area contributed by atoms with Crippen molar-refractivity contribution in [3.8, 4) is 5.75 Å². The molecule has 2 atom stereocenters. The molecule has 0 saturated carbocycles. The second kappa shape index (κ2) is 10.8.